The number of imidazole rings is 1. The van der Waals surface area contributed by atoms with Crippen LogP contribution in [0, 0.1) is 12.8 Å². The molecule has 0 bridgehead atoms. The quantitative estimate of drug-likeness (QED) is 0.520. The van der Waals surface area contributed by atoms with Gasteiger partial charge < -0.3 is 19.9 Å². The minimum Gasteiger partial charge on any atom is -0.453 e. The second-order valence-electron chi connectivity index (χ2n) is 7.39. The van der Waals surface area contributed by atoms with Crippen molar-refractivity contribution in [3.05, 3.63) is 49.1 Å². The maximum Gasteiger partial charge on any atom is 0.407 e. The molecule has 0 radical (unpaired) electrons. The van der Waals surface area contributed by atoms with E-state index in [0.29, 0.717) is 6.54 Å². The number of H-pyrrole nitrogens is 1. The number of likely N-dealkylation sites (tertiary alicyclic amines) is 1. The summed E-state index contributed by atoms with van der Waals surface area (Å²) < 4.78 is 6.64. The number of amides is 2. The molecule has 1 aromatic heterocycles. The molecule has 148 valence electrons. The Kier molecular flexibility index (Phi) is 5.55. The van der Waals surface area contributed by atoms with Gasteiger partial charge in [-0.05, 0) is 75.4 Å². The Morgan fingerprint density at radius 2 is 2.04 bits per heavy atom. The second-order valence-corrected chi connectivity index (χ2v) is 9.49. The fourth-order valence-corrected chi connectivity index (χ4v) is 4.64. The molecule has 4 rings (SSSR count). The third kappa shape index (κ3) is 3.87. The second kappa shape index (κ2) is 7.81. The number of nitrogens with one attached hydrogen (secondary N) is 2. The van der Waals surface area contributed by atoms with Gasteiger partial charge in [-0.15, -0.1) is 0 Å². The molecular formula is C19H20I2N4O3. The van der Waals surface area contributed by atoms with Gasteiger partial charge in [-0.3, -0.25) is 4.79 Å². The van der Waals surface area contributed by atoms with Gasteiger partial charge in [0.1, 0.15) is 19.3 Å². The van der Waals surface area contributed by atoms with Crippen molar-refractivity contribution in [2.75, 3.05) is 13.7 Å². The van der Waals surface area contributed by atoms with Crippen molar-refractivity contribution in [2.24, 2.45) is 5.41 Å². The average molecular weight is 606 g/mol. The number of halogens is 2. The van der Waals surface area contributed by atoms with E-state index in [0.717, 1.165) is 38.1 Å². The summed E-state index contributed by atoms with van der Waals surface area (Å²) in [7, 11) is 1.30. The van der Waals surface area contributed by atoms with E-state index in [1.807, 2.05) is 35.2 Å². The number of aromatic amines is 1. The summed E-state index contributed by atoms with van der Waals surface area (Å²) in [6.07, 6.45) is 2.53. The summed E-state index contributed by atoms with van der Waals surface area (Å²) in [4.78, 5) is 35.4. The van der Waals surface area contributed by atoms with E-state index in [9.17, 15) is 9.59 Å². The highest BCUT2D eigenvalue weighted by Gasteiger charge is 2.55. The Hall–Kier alpha value is -1.37. The number of benzene rings is 1. The maximum absolute atomic E-state index is 13.6. The van der Waals surface area contributed by atoms with E-state index < -0.39 is 12.1 Å². The fraction of sp³-hybridized carbons (Fsp3) is 0.421. The highest BCUT2D eigenvalue weighted by molar-refractivity contribution is 14.1. The zero-order valence-corrected chi connectivity index (χ0v) is 19.6. The van der Waals surface area contributed by atoms with Crippen LogP contribution >= 0.6 is 45.2 Å². The topological polar surface area (TPSA) is 87.3 Å². The number of ether oxygens (including phenoxy) is 1. The lowest BCUT2D eigenvalue weighted by Crippen LogP contribution is -2.43. The number of carbonyl (C=O) groups is 2. The smallest absolute Gasteiger partial charge is 0.407 e. The Bertz CT molecular complexity index is 878. The normalized spacial score (nSPS) is 20.8. The van der Waals surface area contributed by atoms with E-state index in [4.69, 9.17) is 4.74 Å². The largest absolute Gasteiger partial charge is 0.453 e. The highest BCUT2D eigenvalue weighted by atomic mass is 127. The predicted molar refractivity (Wildman–Crippen MR) is 119 cm³/mol. The lowest BCUT2D eigenvalue weighted by Gasteiger charge is -2.28. The van der Waals surface area contributed by atoms with Crippen molar-refractivity contribution >= 4 is 57.2 Å². The molecule has 1 saturated carbocycles. The van der Waals surface area contributed by atoms with Gasteiger partial charge in [-0.2, -0.15) is 0 Å². The first-order chi connectivity index (χ1) is 13.4. The van der Waals surface area contributed by atoms with Crippen LogP contribution in [0.25, 0.3) is 0 Å². The molecule has 2 fully saturated rings. The molecule has 2 N–H and O–H groups in total. The summed E-state index contributed by atoms with van der Waals surface area (Å²) in [6.45, 7) is 0.691. The molecular weight excluding hydrogens is 586 g/mol. The third-order valence-corrected chi connectivity index (χ3v) is 8.12. The number of carbonyl (C=O) groups excluding carboxylic acids is 2. The average Bonchev–Trinajstić information content (AvgIpc) is 3.22. The van der Waals surface area contributed by atoms with Crippen LogP contribution < -0.4 is 5.32 Å². The monoisotopic (exact) mass is 606 g/mol. The van der Waals surface area contributed by atoms with Crippen molar-refractivity contribution in [1.29, 1.82) is 0 Å². The molecule has 1 saturated heterocycles. The molecule has 9 heteroatoms. The molecule has 1 aliphatic heterocycles. The molecule has 2 aromatic rings. The van der Waals surface area contributed by atoms with Crippen LogP contribution in [0.5, 0.6) is 0 Å². The Morgan fingerprint density at radius 1 is 1.32 bits per heavy atom. The van der Waals surface area contributed by atoms with Crippen molar-refractivity contribution in [3.8, 4) is 0 Å². The minimum atomic E-state index is -0.793. The summed E-state index contributed by atoms with van der Waals surface area (Å²) in [5.41, 5.74) is 0.924. The lowest BCUT2D eigenvalue weighted by molar-refractivity contribution is -0.134. The van der Waals surface area contributed by atoms with Crippen LogP contribution in [0.15, 0.2) is 30.3 Å². The molecule has 2 atom stereocenters. The number of nitrogens with zero attached hydrogens (tertiary/aromatic N) is 2. The summed E-state index contributed by atoms with van der Waals surface area (Å²) >= 11 is 4.42. The SMILES string of the molecule is COC(=O)N[C@H](C(=O)N1CC2(CC2)C[C@H]1c1nc(I)c(I)[nH]1)c1ccccc1. The number of aromatic nitrogens is 2. The minimum absolute atomic E-state index is 0.113. The first-order valence-electron chi connectivity index (χ1n) is 9.03. The zero-order valence-electron chi connectivity index (χ0n) is 15.2. The number of alkyl carbamates (subject to hydrolysis) is 1. The van der Waals surface area contributed by atoms with Gasteiger partial charge in [0, 0.05) is 6.54 Å². The van der Waals surface area contributed by atoms with E-state index >= 15 is 0 Å². The van der Waals surface area contributed by atoms with Gasteiger partial charge in [-0.25, -0.2) is 9.78 Å². The Balaban J connectivity index is 1.66. The first kappa shape index (κ1) is 19.9. The number of rotatable bonds is 4. The molecule has 2 aliphatic rings. The third-order valence-electron chi connectivity index (χ3n) is 5.53. The highest BCUT2D eigenvalue weighted by Crippen LogP contribution is 2.58. The summed E-state index contributed by atoms with van der Waals surface area (Å²) in [5.74, 6) is 0.683. The van der Waals surface area contributed by atoms with Crippen LogP contribution in [0.2, 0.25) is 0 Å². The molecule has 28 heavy (non-hydrogen) atoms. The van der Waals surface area contributed by atoms with Gasteiger partial charge in [-0.1, -0.05) is 30.3 Å². The van der Waals surface area contributed by atoms with Crippen molar-refractivity contribution < 1.29 is 14.3 Å². The first-order valence-corrected chi connectivity index (χ1v) is 11.2. The van der Waals surface area contributed by atoms with Crippen LogP contribution in [-0.2, 0) is 9.53 Å². The van der Waals surface area contributed by atoms with Crippen LogP contribution in [0.3, 0.4) is 0 Å². The summed E-state index contributed by atoms with van der Waals surface area (Å²) in [6, 6.07) is 8.37. The van der Waals surface area contributed by atoms with Crippen LogP contribution in [-0.4, -0.2) is 40.5 Å². The lowest BCUT2D eigenvalue weighted by atomic mass is 10.0. The van der Waals surface area contributed by atoms with E-state index in [-0.39, 0.29) is 17.4 Å². The van der Waals surface area contributed by atoms with Crippen LogP contribution in [0.4, 0.5) is 4.79 Å². The Morgan fingerprint density at radius 3 is 2.61 bits per heavy atom. The number of hydrogen-bond acceptors (Lipinski definition) is 4. The molecule has 2 amide bonds. The van der Waals surface area contributed by atoms with Gasteiger partial charge in [0.25, 0.3) is 5.91 Å². The fourth-order valence-electron chi connectivity index (χ4n) is 3.85. The number of methoxy groups -OCH3 is 1. The van der Waals surface area contributed by atoms with E-state index in [1.54, 1.807) is 0 Å². The van der Waals surface area contributed by atoms with Crippen molar-refractivity contribution in [1.82, 2.24) is 20.2 Å². The number of hydrogen-bond donors (Lipinski definition) is 2. The zero-order chi connectivity index (χ0) is 19.9. The van der Waals surface area contributed by atoms with Crippen molar-refractivity contribution in [2.45, 2.75) is 31.3 Å². The maximum atomic E-state index is 13.6. The standard InChI is InChI=1S/C19H20I2N4O3/c1-28-18(27)22-13(11-5-3-2-4-6-11)17(26)25-10-19(7-8-19)9-12(25)16-23-14(20)15(21)24-16/h2-6,12-13H,7-10H2,1H3,(H,22,27)(H,23,24)/t12-,13-/m0/s1. The van der Waals surface area contributed by atoms with Crippen LogP contribution in [0.1, 0.15) is 42.7 Å². The molecule has 1 spiro atoms. The molecule has 1 aliphatic carbocycles. The van der Waals surface area contributed by atoms with Crippen molar-refractivity contribution in [3.63, 3.8) is 0 Å². The Labute approximate surface area is 190 Å². The molecule has 2 heterocycles. The summed E-state index contributed by atoms with van der Waals surface area (Å²) in [5, 5.41) is 2.71. The van der Waals surface area contributed by atoms with E-state index in [2.05, 4.69) is 60.5 Å². The molecule has 7 nitrogen and oxygen atoms in total. The van der Waals surface area contributed by atoms with Gasteiger partial charge >= 0.3 is 6.09 Å². The van der Waals surface area contributed by atoms with E-state index in [1.165, 1.54) is 7.11 Å². The van der Waals surface area contributed by atoms with Gasteiger partial charge in [0.05, 0.1) is 13.2 Å². The van der Waals surface area contributed by atoms with Gasteiger partial charge in [0.15, 0.2) is 0 Å². The van der Waals surface area contributed by atoms with Gasteiger partial charge in [0.2, 0.25) is 0 Å². The molecule has 0 unspecified atom stereocenters. The predicted octanol–water partition coefficient (Wildman–Crippen LogP) is 3.77. The molecule has 1 aromatic carbocycles.